The number of aromatic nitrogens is 2. The van der Waals surface area contributed by atoms with Crippen LogP contribution in [-0.2, 0) is 6.42 Å². The molecular formula is C21H19N5O2. The van der Waals surface area contributed by atoms with Crippen molar-refractivity contribution in [1.82, 2.24) is 15.3 Å². The van der Waals surface area contributed by atoms with Gasteiger partial charge in [0.15, 0.2) is 0 Å². The van der Waals surface area contributed by atoms with Crippen LogP contribution in [-0.4, -0.2) is 29.5 Å². The van der Waals surface area contributed by atoms with E-state index >= 15 is 0 Å². The molecule has 1 aromatic heterocycles. The van der Waals surface area contributed by atoms with Crippen LogP contribution in [0, 0.1) is 11.3 Å². The summed E-state index contributed by atoms with van der Waals surface area (Å²) in [6.45, 7) is 0.501. The van der Waals surface area contributed by atoms with Gasteiger partial charge in [0.1, 0.15) is 11.8 Å². The van der Waals surface area contributed by atoms with Crippen LogP contribution in [0.25, 0.3) is 0 Å². The monoisotopic (exact) mass is 373 g/mol. The second-order valence-electron chi connectivity index (χ2n) is 5.93. The van der Waals surface area contributed by atoms with E-state index in [9.17, 15) is 4.79 Å². The van der Waals surface area contributed by atoms with Crippen molar-refractivity contribution in [3.8, 4) is 11.8 Å². The van der Waals surface area contributed by atoms with Gasteiger partial charge in [0, 0.05) is 18.9 Å². The third kappa shape index (κ3) is 4.83. The fourth-order valence-electron chi connectivity index (χ4n) is 2.53. The summed E-state index contributed by atoms with van der Waals surface area (Å²) < 4.78 is 5.13. The average molecular weight is 373 g/mol. The SMILES string of the molecule is COc1ccc(CCNC(=O)c2cnc(Nc3ccccc3C#N)nc2)cc1. The first kappa shape index (κ1) is 18.9. The molecule has 7 heteroatoms. The molecular weight excluding hydrogens is 354 g/mol. The molecule has 3 aromatic rings. The normalized spacial score (nSPS) is 10.0. The van der Waals surface area contributed by atoms with Gasteiger partial charge in [-0.3, -0.25) is 4.79 Å². The quantitative estimate of drug-likeness (QED) is 0.660. The van der Waals surface area contributed by atoms with Crippen LogP contribution in [0.2, 0.25) is 0 Å². The Balaban J connectivity index is 1.54. The summed E-state index contributed by atoms with van der Waals surface area (Å²) in [6, 6.07) is 16.9. The Bertz CT molecular complexity index is 979. The summed E-state index contributed by atoms with van der Waals surface area (Å²) >= 11 is 0. The summed E-state index contributed by atoms with van der Waals surface area (Å²) in [5, 5.41) is 14.9. The molecule has 0 fully saturated rings. The van der Waals surface area contributed by atoms with Gasteiger partial charge >= 0.3 is 0 Å². The average Bonchev–Trinajstić information content (AvgIpc) is 2.75. The molecule has 0 radical (unpaired) electrons. The number of anilines is 2. The first-order valence-corrected chi connectivity index (χ1v) is 8.69. The topological polar surface area (TPSA) is 99.9 Å². The van der Waals surface area contributed by atoms with Crippen LogP contribution in [0.3, 0.4) is 0 Å². The Labute approximate surface area is 163 Å². The number of nitrogens with zero attached hydrogens (tertiary/aromatic N) is 3. The number of rotatable bonds is 7. The largest absolute Gasteiger partial charge is 0.497 e. The van der Waals surface area contributed by atoms with E-state index in [1.54, 1.807) is 25.3 Å². The Morgan fingerprint density at radius 1 is 1.11 bits per heavy atom. The van der Waals surface area contributed by atoms with Crippen molar-refractivity contribution in [2.45, 2.75) is 6.42 Å². The highest BCUT2D eigenvalue weighted by Gasteiger charge is 2.08. The Kier molecular flexibility index (Phi) is 6.16. The number of hydrogen-bond acceptors (Lipinski definition) is 6. The summed E-state index contributed by atoms with van der Waals surface area (Å²) in [5.74, 6) is 0.881. The molecule has 0 unspecified atom stereocenters. The predicted octanol–water partition coefficient (Wildman–Crippen LogP) is 3.07. The van der Waals surface area contributed by atoms with Gasteiger partial charge < -0.3 is 15.4 Å². The van der Waals surface area contributed by atoms with E-state index in [-0.39, 0.29) is 5.91 Å². The standard InChI is InChI=1S/C21H19N5O2/c1-28-18-8-6-15(7-9-18)10-11-23-20(27)17-13-24-21(25-14-17)26-19-5-3-2-4-16(19)12-22/h2-9,13-14H,10-11H2,1H3,(H,23,27)(H,24,25,26). The van der Waals surface area contributed by atoms with E-state index in [2.05, 4.69) is 26.7 Å². The second kappa shape index (κ2) is 9.14. The Morgan fingerprint density at radius 2 is 1.82 bits per heavy atom. The van der Waals surface area contributed by atoms with Crippen molar-refractivity contribution in [2.75, 3.05) is 19.0 Å². The number of methoxy groups -OCH3 is 1. The Morgan fingerprint density at radius 3 is 2.50 bits per heavy atom. The van der Waals surface area contributed by atoms with Gasteiger partial charge in [0.05, 0.1) is 23.9 Å². The zero-order chi connectivity index (χ0) is 19.8. The predicted molar refractivity (Wildman–Crippen MR) is 106 cm³/mol. The highest BCUT2D eigenvalue weighted by atomic mass is 16.5. The number of benzene rings is 2. The zero-order valence-corrected chi connectivity index (χ0v) is 15.3. The molecule has 28 heavy (non-hydrogen) atoms. The lowest BCUT2D eigenvalue weighted by atomic mass is 10.1. The number of ether oxygens (including phenoxy) is 1. The molecule has 2 N–H and O–H groups in total. The van der Waals surface area contributed by atoms with Gasteiger partial charge in [0.2, 0.25) is 5.95 Å². The number of carbonyl (C=O) groups is 1. The molecule has 0 atom stereocenters. The maximum absolute atomic E-state index is 12.2. The molecule has 0 bridgehead atoms. The van der Waals surface area contributed by atoms with E-state index in [0.717, 1.165) is 11.3 Å². The number of nitrogens with one attached hydrogen (secondary N) is 2. The molecule has 0 aliphatic rings. The third-order valence-electron chi connectivity index (χ3n) is 4.07. The lowest BCUT2D eigenvalue weighted by Crippen LogP contribution is -2.26. The van der Waals surface area contributed by atoms with Gasteiger partial charge in [-0.1, -0.05) is 24.3 Å². The van der Waals surface area contributed by atoms with Crippen molar-refractivity contribution < 1.29 is 9.53 Å². The molecule has 1 amide bonds. The molecule has 1 heterocycles. The van der Waals surface area contributed by atoms with Gasteiger partial charge in [0.25, 0.3) is 5.91 Å². The smallest absolute Gasteiger partial charge is 0.254 e. The minimum Gasteiger partial charge on any atom is -0.497 e. The van der Waals surface area contributed by atoms with Crippen LogP contribution >= 0.6 is 0 Å². The van der Waals surface area contributed by atoms with E-state index < -0.39 is 0 Å². The fraction of sp³-hybridized carbons (Fsp3) is 0.143. The second-order valence-corrected chi connectivity index (χ2v) is 5.93. The third-order valence-corrected chi connectivity index (χ3v) is 4.07. The zero-order valence-electron chi connectivity index (χ0n) is 15.3. The summed E-state index contributed by atoms with van der Waals surface area (Å²) in [5.41, 5.74) is 2.58. The number of para-hydroxylation sites is 1. The van der Waals surface area contributed by atoms with Crippen LogP contribution in [0.4, 0.5) is 11.6 Å². The number of nitriles is 1. The van der Waals surface area contributed by atoms with E-state index in [1.165, 1.54) is 12.4 Å². The molecule has 2 aromatic carbocycles. The molecule has 140 valence electrons. The molecule has 7 nitrogen and oxygen atoms in total. The van der Waals surface area contributed by atoms with E-state index in [4.69, 9.17) is 10.00 Å². The van der Waals surface area contributed by atoms with E-state index in [1.807, 2.05) is 30.3 Å². The van der Waals surface area contributed by atoms with Crippen molar-refractivity contribution in [2.24, 2.45) is 0 Å². The van der Waals surface area contributed by atoms with Gasteiger partial charge in [-0.2, -0.15) is 5.26 Å². The fourth-order valence-corrected chi connectivity index (χ4v) is 2.53. The van der Waals surface area contributed by atoms with Gasteiger partial charge in [-0.25, -0.2) is 9.97 Å². The van der Waals surface area contributed by atoms with E-state index in [0.29, 0.717) is 35.7 Å². The van der Waals surface area contributed by atoms with Crippen molar-refractivity contribution in [1.29, 1.82) is 5.26 Å². The highest BCUT2D eigenvalue weighted by molar-refractivity contribution is 5.93. The number of carbonyl (C=O) groups excluding carboxylic acids is 1. The van der Waals surface area contributed by atoms with Crippen LogP contribution in [0.5, 0.6) is 5.75 Å². The van der Waals surface area contributed by atoms with Gasteiger partial charge in [-0.15, -0.1) is 0 Å². The van der Waals surface area contributed by atoms with Crippen molar-refractivity contribution in [3.05, 3.63) is 77.6 Å². The lowest BCUT2D eigenvalue weighted by molar-refractivity contribution is 0.0953. The molecule has 0 saturated carbocycles. The van der Waals surface area contributed by atoms with Crippen LogP contribution in [0.1, 0.15) is 21.5 Å². The first-order chi connectivity index (χ1) is 13.7. The Hall–Kier alpha value is -3.92. The minimum atomic E-state index is -0.238. The summed E-state index contributed by atoms with van der Waals surface area (Å²) in [4.78, 5) is 20.5. The first-order valence-electron chi connectivity index (χ1n) is 8.69. The van der Waals surface area contributed by atoms with Crippen LogP contribution < -0.4 is 15.4 Å². The minimum absolute atomic E-state index is 0.238. The number of amides is 1. The summed E-state index contributed by atoms with van der Waals surface area (Å²) in [6.07, 6.45) is 3.61. The molecule has 0 aliphatic heterocycles. The van der Waals surface area contributed by atoms with Gasteiger partial charge in [-0.05, 0) is 36.2 Å². The molecule has 0 spiro atoms. The molecule has 0 aliphatic carbocycles. The van der Waals surface area contributed by atoms with Crippen LogP contribution in [0.15, 0.2) is 60.9 Å². The molecule has 0 saturated heterocycles. The number of hydrogen-bond donors (Lipinski definition) is 2. The van der Waals surface area contributed by atoms with Crippen molar-refractivity contribution in [3.63, 3.8) is 0 Å². The maximum Gasteiger partial charge on any atom is 0.254 e. The maximum atomic E-state index is 12.2. The highest BCUT2D eigenvalue weighted by Crippen LogP contribution is 2.17. The lowest BCUT2D eigenvalue weighted by Gasteiger charge is -2.08. The van der Waals surface area contributed by atoms with Crippen molar-refractivity contribution >= 4 is 17.5 Å². The molecule has 3 rings (SSSR count). The summed E-state index contributed by atoms with van der Waals surface area (Å²) in [7, 11) is 1.63.